The number of carboxylic acid groups (broad SMARTS) is 1. The Morgan fingerprint density at radius 1 is 1.72 bits per heavy atom. The number of aliphatic carboxylic acids is 1. The molecule has 0 aliphatic carbocycles. The highest BCUT2D eigenvalue weighted by molar-refractivity contribution is 7.10. The Hall–Kier alpha value is -1.37. The van der Waals surface area contributed by atoms with E-state index >= 15 is 0 Å². The summed E-state index contributed by atoms with van der Waals surface area (Å²) in [4.78, 5) is 12.2. The lowest BCUT2D eigenvalue weighted by Gasteiger charge is -2.14. The van der Waals surface area contributed by atoms with Crippen molar-refractivity contribution in [2.45, 2.75) is 12.6 Å². The van der Waals surface area contributed by atoms with Gasteiger partial charge in [0, 0.05) is 30.0 Å². The SMILES string of the molecule is Cn1nccc1C(NCc1cc(Cl)cs1)C(=O)O. The van der Waals surface area contributed by atoms with Gasteiger partial charge in [-0.05, 0) is 12.1 Å². The molecule has 0 aliphatic heterocycles. The lowest BCUT2D eigenvalue weighted by molar-refractivity contribution is -0.139. The second-order valence-corrected chi connectivity index (χ2v) is 5.20. The summed E-state index contributed by atoms with van der Waals surface area (Å²) in [5.41, 5.74) is 0.616. The van der Waals surface area contributed by atoms with Gasteiger partial charge in [-0.1, -0.05) is 11.6 Å². The zero-order valence-electron chi connectivity index (χ0n) is 9.63. The fourth-order valence-corrected chi connectivity index (χ4v) is 2.66. The van der Waals surface area contributed by atoms with E-state index in [0.29, 0.717) is 17.3 Å². The normalized spacial score (nSPS) is 12.6. The molecule has 1 unspecified atom stereocenters. The van der Waals surface area contributed by atoms with Crippen LogP contribution in [0, 0.1) is 0 Å². The van der Waals surface area contributed by atoms with E-state index < -0.39 is 12.0 Å². The number of nitrogens with one attached hydrogen (secondary N) is 1. The molecule has 96 valence electrons. The van der Waals surface area contributed by atoms with Gasteiger partial charge in [0.25, 0.3) is 0 Å². The molecule has 2 aromatic heterocycles. The van der Waals surface area contributed by atoms with Crippen molar-refractivity contribution in [2.24, 2.45) is 7.05 Å². The third-order valence-electron chi connectivity index (χ3n) is 2.50. The zero-order valence-corrected chi connectivity index (χ0v) is 11.2. The second kappa shape index (κ2) is 5.51. The minimum atomic E-state index is -0.929. The van der Waals surface area contributed by atoms with Crippen LogP contribution in [0.25, 0.3) is 0 Å². The van der Waals surface area contributed by atoms with Gasteiger partial charge in [-0.15, -0.1) is 11.3 Å². The minimum absolute atomic E-state index is 0.458. The first-order valence-electron chi connectivity index (χ1n) is 5.25. The van der Waals surface area contributed by atoms with E-state index in [4.69, 9.17) is 11.6 Å². The summed E-state index contributed by atoms with van der Waals surface area (Å²) < 4.78 is 1.55. The Balaban J connectivity index is 2.08. The van der Waals surface area contributed by atoms with Crippen LogP contribution in [0.5, 0.6) is 0 Å². The minimum Gasteiger partial charge on any atom is -0.480 e. The second-order valence-electron chi connectivity index (χ2n) is 3.76. The summed E-state index contributed by atoms with van der Waals surface area (Å²) in [5.74, 6) is -0.929. The molecule has 0 spiro atoms. The number of nitrogens with zero attached hydrogens (tertiary/aromatic N) is 2. The molecule has 0 saturated heterocycles. The quantitative estimate of drug-likeness (QED) is 0.882. The molecule has 2 N–H and O–H groups in total. The van der Waals surface area contributed by atoms with Crippen LogP contribution in [0.1, 0.15) is 16.6 Å². The van der Waals surface area contributed by atoms with E-state index in [0.717, 1.165) is 4.88 Å². The first-order chi connectivity index (χ1) is 8.58. The van der Waals surface area contributed by atoms with Crippen molar-refractivity contribution in [3.8, 4) is 0 Å². The zero-order chi connectivity index (χ0) is 13.1. The first-order valence-corrected chi connectivity index (χ1v) is 6.50. The van der Waals surface area contributed by atoms with Gasteiger partial charge >= 0.3 is 5.97 Å². The maximum Gasteiger partial charge on any atom is 0.326 e. The van der Waals surface area contributed by atoms with E-state index in [-0.39, 0.29) is 0 Å². The summed E-state index contributed by atoms with van der Waals surface area (Å²) >= 11 is 7.31. The number of carbonyl (C=O) groups is 1. The number of carboxylic acids is 1. The van der Waals surface area contributed by atoms with Crippen molar-refractivity contribution < 1.29 is 9.90 Å². The Kier molecular flexibility index (Phi) is 4.00. The van der Waals surface area contributed by atoms with Gasteiger partial charge in [-0.3, -0.25) is 14.8 Å². The molecular formula is C11H12ClN3O2S. The summed E-state index contributed by atoms with van der Waals surface area (Å²) in [6.45, 7) is 0.458. The van der Waals surface area contributed by atoms with Gasteiger partial charge in [0.15, 0.2) is 0 Å². The number of rotatable bonds is 5. The van der Waals surface area contributed by atoms with E-state index in [1.54, 1.807) is 24.0 Å². The van der Waals surface area contributed by atoms with Crippen LogP contribution in [-0.4, -0.2) is 20.9 Å². The topological polar surface area (TPSA) is 67.2 Å². The Morgan fingerprint density at radius 2 is 2.50 bits per heavy atom. The van der Waals surface area contributed by atoms with Crippen LogP contribution in [0.3, 0.4) is 0 Å². The Labute approximate surface area is 113 Å². The van der Waals surface area contributed by atoms with Gasteiger partial charge in [-0.25, -0.2) is 0 Å². The Bertz CT molecular complexity index is 552. The average molecular weight is 286 g/mol. The molecule has 18 heavy (non-hydrogen) atoms. The molecule has 0 fully saturated rings. The molecule has 0 bridgehead atoms. The van der Waals surface area contributed by atoms with Crippen LogP contribution in [0.15, 0.2) is 23.7 Å². The fourth-order valence-electron chi connectivity index (χ4n) is 1.63. The molecule has 7 heteroatoms. The average Bonchev–Trinajstić information content (AvgIpc) is 2.89. The molecule has 0 aliphatic rings. The van der Waals surface area contributed by atoms with E-state index in [2.05, 4.69) is 10.4 Å². The molecule has 1 atom stereocenters. The lowest BCUT2D eigenvalue weighted by Crippen LogP contribution is -2.29. The van der Waals surface area contributed by atoms with Gasteiger partial charge in [0.1, 0.15) is 6.04 Å². The van der Waals surface area contributed by atoms with Crippen molar-refractivity contribution in [3.63, 3.8) is 0 Å². The van der Waals surface area contributed by atoms with Crippen LogP contribution in [-0.2, 0) is 18.4 Å². The molecule has 0 saturated carbocycles. The van der Waals surface area contributed by atoms with Crippen molar-refractivity contribution in [1.82, 2.24) is 15.1 Å². The summed E-state index contributed by atoms with van der Waals surface area (Å²) in [5, 5.41) is 18.7. The molecule has 2 heterocycles. The number of hydrogen-bond acceptors (Lipinski definition) is 4. The summed E-state index contributed by atoms with van der Waals surface area (Å²) in [7, 11) is 1.72. The molecular weight excluding hydrogens is 274 g/mol. The lowest BCUT2D eigenvalue weighted by atomic mass is 10.2. The Morgan fingerprint density at radius 3 is 3.00 bits per heavy atom. The van der Waals surface area contributed by atoms with Gasteiger partial charge in [0.05, 0.1) is 10.7 Å². The van der Waals surface area contributed by atoms with Crippen LogP contribution < -0.4 is 5.32 Å². The van der Waals surface area contributed by atoms with Crippen molar-refractivity contribution in [3.05, 3.63) is 39.3 Å². The van der Waals surface area contributed by atoms with Crippen molar-refractivity contribution in [1.29, 1.82) is 0 Å². The highest BCUT2D eigenvalue weighted by atomic mass is 35.5. The molecule has 5 nitrogen and oxygen atoms in total. The number of halogens is 1. The molecule has 0 aromatic carbocycles. The van der Waals surface area contributed by atoms with E-state index in [1.165, 1.54) is 11.3 Å². The highest BCUT2D eigenvalue weighted by Crippen LogP contribution is 2.20. The predicted octanol–water partition coefficient (Wildman–Crippen LogP) is 2.05. The van der Waals surface area contributed by atoms with Crippen molar-refractivity contribution >= 4 is 28.9 Å². The van der Waals surface area contributed by atoms with Gasteiger partial charge in [0.2, 0.25) is 0 Å². The van der Waals surface area contributed by atoms with Gasteiger partial charge < -0.3 is 5.11 Å². The summed E-state index contributed by atoms with van der Waals surface area (Å²) in [6.07, 6.45) is 1.58. The van der Waals surface area contributed by atoms with Crippen LogP contribution in [0.4, 0.5) is 0 Å². The molecule has 2 rings (SSSR count). The van der Waals surface area contributed by atoms with Crippen LogP contribution in [0.2, 0.25) is 5.02 Å². The molecule has 0 radical (unpaired) electrons. The maximum atomic E-state index is 11.3. The third-order valence-corrected chi connectivity index (χ3v) is 3.79. The number of hydrogen-bond donors (Lipinski definition) is 2. The smallest absolute Gasteiger partial charge is 0.326 e. The largest absolute Gasteiger partial charge is 0.480 e. The van der Waals surface area contributed by atoms with Crippen LogP contribution >= 0.6 is 22.9 Å². The van der Waals surface area contributed by atoms with E-state index in [1.807, 2.05) is 11.4 Å². The summed E-state index contributed by atoms with van der Waals surface area (Å²) in [6, 6.07) is 2.73. The number of aryl methyl sites for hydroxylation is 1. The predicted molar refractivity (Wildman–Crippen MR) is 69.8 cm³/mol. The molecule has 0 amide bonds. The number of aromatic nitrogens is 2. The highest BCUT2D eigenvalue weighted by Gasteiger charge is 2.22. The van der Waals surface area contributed by atoms with E-state index in [9.17, 15) is 9.90 Å². The maximum absolute atomic E-state index is 11.3. The number of thiophene rings is 1. The monoisotopic (exact) mass is 285 g/mol. The molecule has 2 aromatic rings. The third kappa shape index (κ3) is 2.90. The first kappa shape index (κ1) is 13.1. The fraction of sp³-hybridized carbons (Fsp3) is 0.273. The van der Waals surface area contributed by atoms with Gasteiger partial charge in [-0.2, -0.15) is 5.10 Å². The van der Waals surface area contributed by atoms with Crippen molar-refractivity contribution in [2.75, 3.05) is 0 Å². The standard InChI is InChI=1S/C11H12ClN3O2S/c1-15-9(2-3-14-15)10(11(16)17)13-5-8-4-7(12)6-18-8/h2-4,6,10,13H,5H2,1H3,(H,16,17).